The van der Waals surface area contributed by atoms with Crippen molar-refractivity contribution in [2.45, 2.75) is 27.2 Å². The van der Waals surface area contributed by atoms with Gasteiger partial charge in [0.05, 0.1) is 0 Å². The maximum Gasteiger partial charge on any atom is 0.166 e. The van der Waals surface area contributed by atoms with Crippen LogP contribution in [-0.4, -0.2) is 31.3 Å². The van der Waals surface area contributed by atoms with Gasteiger partial charge in [0.1, 0.15) is 0 Å². The lowest BCUT2D eigenvalue weighted by molar-refractivity contribution is 0.0910. The molecule has 1 unspecified atom stereocenters. The van der Waals surface area contributed by atoms with Crippen LogP contribution in [0.3, 0.4) is 0 Å². The Bertz CT molecular complexity index is 379. The van der Waals surface area contributed by atoms with Gasteiger partial charge in [-0.2, -0.15) is 0 Å². The number of ketones is 1. The van der Waals surface area contributed by atoms with Gasteiger partial charge in [-0.05, 0) is 32.0 Å². The van der Waals surface area contributed by atoms with Crippen LogP contribution in [-0.2, 0) is 6.42 Å². The number of benzene rings is 1. The predicted octanol–water partition coefficient (Wildman–Crippen LogP) is 3.27. The van der Waals surface area contributed by atoms with E-state index in [2.05, 4.69) is 30.9 Å². The summed E-state index contributed by atoms with van der Waals surface area (Å²) in [5.74, 6) is 0.940. The molecule has 0 aromatic heterocycles. The third kappa shape index (κ3) is 4.61. The fourth-order valence-corrected chi connectivity index (χ4v) is 2.19. The Morgan fingerprint density at radius 1 is 1.11 bits per heavy atom. The number of carbonyl (C=O) groups excluding carboxylic acids is 1. The zero-order valence-corrected chi connectivity index (χ0v) is 12.2. The summed E-state index contributed by atoms with van der Waals surface area (Å²) in [6.45, 7) is 7.20. The van der Waals surface area contributed by atoms with Gasteiger partial charge in [0.2, 0.25) is 0 Å². The van der Waals surface area contributed by atoms with Gasteiger partial charge in [-0.15, -0.1) is 0 Å². The van der Waals surface area contributed by atoms with Crippen LogP contribution in [0.4, 0.5) is 0 Å². The van der Waals surface area contributed by atoms with Crippen molar-refractivity contribution in [2.24, 2.45) is 11.8 Å². The number of Topliss-reactive ketones (excluding diaryl/α,β-unsaturated/α-hetero) is 1. The van der Waals surface area contributed by atoms with E-state index in [0.717, 1.165) is 18.5 Å². The molecule has 0 bridgehead atoms. The lowest BCUT2D eigenvalue weighted by Gasteiger charge is -2.16. The van der Waals surface area contributed by atoms with Crippen molar-refractivity contribution in [1.82, 2.24) is 4.90 Å². The minimum atomic E-state index is 0.0518. The van der Waals surface area contributed by atoms with Gasteiger partial charge in [0.15, 0.2) is 5.78 Å². The van der Waals surface area contributed by atoms with E-state index in [1.54, 1.807) is 0 Å². The van der Waals surface area contributed by atoms with Crippen molar-refractivity contribution in [3.63, 3.8) is 0 Å². The molecule has 0 aliphatic heterocycles. The molecule has 2 nitrogen and oxygen atoms in total. The Hall–Kier alpha value is -1.15. The van der Waals surface area contributed by atoms with Crippen LogP contribution in [0.1, 0.15) is 36.7 Å². The lowest BCUT2D eigenvalue weighted by Crippen LogP contribution is -2.25. The predicted molar refractivity (Wildman–Crippen MR) is 77.0 cm³/mol. The molecule has 0 aliphatic carbocycles. The smallest absolute Gasteiger partial charge is 0.166 e. The fourth-order valence-electron chi connectivity index (χ4n) is 2.19. The highest BCUT2D eigenvalue weighted by Gasteiger charge is 2.15. The average Bonchev–Trinajstić information content (AvgIpc) is 2.27. The van der Waals surface area contributed by atoms with Crippen molar-refractivity contribution >= 4 is 5.78 Å². The van der Waals surface area contributed by atoms with Gasteiger partial charge in [0.25, 0.3) is 0 Å². The summed E-state index contributed by atoms with van der Waals surface area (Å²) in [5, 5.41) is 0. The number of hydrogen-bond acceptors (Lipinski definition) is 2. The molecule has 1 rings (SSSR count). The Morgan fingerprint density at radius 3 is 2.11 bits per heavy atom. The number of nitrogens with zero attached hydrogens (tertiary/aromatic N) is 1. The maximum atomic E-state index is 12.2. The normalized spacial score (nSPS) is 13.1. The molecule has 0 radical (unpaired) electrons. The minimum Gasteiger partial charge on any atom is -0.309 e. The highest BCUT2D eigenvalue weighted by Crippen LogP contribution is 2.13. The quantitative estimate of drug-likeness (QED) is 0.719. The van der Waals surface area contributed by atoms with Gasteiger partial charge >= 0.3 is 0 Å². The van der Waals surface area contributed by atoms with Crippen LogP contribution in [0.2, 0.25) is 0 Å². The summed E-state index contributed by atoms with van der Waals surface area (Å²) in [6.07, 6.45) is 1.07. The van der Waals surface area contributed by atoms with Crippen molar-refractivity contribution < 1.29 is 4.79 Å². The molecule has 0 N–H and O–H groups in total. The molecule has 0 saturated carbocycles. The molecule has 2 heteroatoms. The van der Waals surface area contributed by atoms with Gasteiger partial charge in [0, 0.05) is 18.0 Å². The molecule has 18 heavy (non-hydrogen) atoms. The first-order valence-electron chi connectivity index (χ1n) is 6.68. The van der Waals surface area contributed by atoms with E-state index in [4.69, 9.17) is 0 Å². The number of hydrogen-bond donors (Lipinski definition) is 0. The molecule has 100 valence electrons. The summed E-state index contributed by atoms with van der Waals surface area (Å²) in [5.41, 5.74) is 2.14. The largest absolute Gasteiger partial charge is 0.309 e. The lowest BCUT2D eigenvalue weighted by atomic mass is 9.96. The zero-order valence-electron chi connectivity index (χ0n) is 12.2. The van der Waals surface area contributed by atoms with E-state index < -0.39 is 0 Å². The van der Waals surface area contributed by atoms with Crippen molar-refractivity contribution in [1.29, 1.82) is 0 Å². The number of carbonyl (C=O) groups is 1. The van der Waals surface area contributed by atoms with Crippen LogP contribution < -0.4 is 0 Å². The van der Waals surface area contributed by atoms with Crippen LogP contribution >= 0.6 is 0 Å². The minimum absolute atomic E-state index is 0.0518. The molecule has 0 saturated heterocycles. The topological polar surface area (TPSA) is 20.3 Å². The highest BCUT2D eigenvalue weighted by atomic mass is 16.1. The van der Waals surface area contributed by atoms with Crippen molar-refractivity contribution in [3.8, 4) is 0 Å². The summed E-state index contributed by atoms with van der Waals surface area (Å²) >= 11 is 0. The van der Waals surface area contributed by atoms with Gasteiger partial charge < -0.3 is 4.90 Å². The molecular weight excluding hydrogens is 222 g/mol. The SMILES string of the molecule is CC(C)Cc1ccc(C(=O)C(C)CN(C)C)cc1. The first-order chi connectivity index (χ1) is 8.40. The van der Waals surface area contributed by atoms with Gasteiger partial charge in [-0.3, -0.25) is 4.79 Å². The van der Waals surface area contributed by atoms with Gasteiger partial charge in [-0.1, -0.05) is 45.0 Å². The molecule has 0 spiro atoms. The van der Waals surface area contributed by atoms with E-state index in [1.807, 2.05) is 33.2 Å². The average molecular weight is 247 g/mol. The monoisotopic (exact) mass is 247 g/mol. The molecule has 1 aromatic rings. The Balaban J connectivity index is 2.69. The molecule has 1 atom stereocenters. The molecule has 0 aliphatic rings. The Morgan fingerprint density at radius 2 is 1.67 bits per heavy atom. The van der Waals surface area contributed by atoms with Crippen molar-refractivity contribution in [2.75, 3.05) is 20.6 Å². The summed E-state index contributed by atoms with van der Waals surface area (Å²) in [6, 6.07) is 8.09. The fraction of sp³-hybridized carbons (Fsp3) is 0.562. The van der Waals surface area contributed by atoms with Crippen LogP contribution in [0.15, 0.2) is 24.3 Å². The first-order valence-corrected chi connectivity index (χ1v) is 6.68. The van der Waals surface area contributed by atoms with E-state index in [9.17, 15) is 4.79 Å². The summed E-state index contributed by atoms with van der Waals surface area (Å²) in [4.78, 5) is 14.2. The third-order valence-corrected chi connectivity index (χ3v) is 2.97. The second kappa shape index (κ2) is 6.69. The standard InChI is InChI=1S/C16H25NO/c1-12(2)10-14-6-8-15(9-7-14)16(18)13(3)11-17(4)5/h6-9,12-13H,10-11H2,1-5H3. The third-order valence-electron chi connectivity index (χ3n) is 2.97. The second-order valence-corrected chi connectivity index (χ2v) is 5.82. The van der Waals surface area contributed by atoms with E-state index in [1.165, 1.54) is 5.56 Å². The van der Waals surface area contributed by atoms with Crippen LogP contribution in [0.25, 0.3) is 0 Å². The molecule has 0 amide bonds. The van der Waals surface area contributed by atoms with E-state index in [0.29, 0.717) is 5.92 Å². The van der Waals surface area contributed by atoms with Crippen LogP contribution in [0.5, 0.6) is 0 Å². The Kier molecular flexibility index (Phi) is 5.54. The molecule has 1 aromatic carbocycles. The van der Waals surface area contributed by atoms with Gasteiger partial charge in [-0.25, -0.2) is 0 Å². The molecule has 0 fully saturated rings. The zero-order chi connectivity index (χ0) is 13.7. The van der Waals surface area contributed by atoms with Crippen molar-refractivity contribution in [3.05, 3.63) is 35.4 Å². The van der Waals surface area contributed by atoms with E-state index >= 15 is 0 Å². The summed E-state index contributed by atoms with van der Waals surface area (Å²) < 4.78 is 0. The number of rotatable bonds is 6. The van der Waals surface area contributed by atoms with E-state index in [-0.39, 0.29) is 11.7 Å². The maximum absolute atomic E-state index is 12.2. The van der Waals surface area contributed by atoms with Crippen LogP contribution in [0, 0.1) is 11.8 Å². The molecular formula is C16H25NO. The first kappa shape index (κ1) is 14.9. The Labute approximate surface area is 111 Å². The molecule has 0 heterocycles. The highest BCUT2D eigenvalue weighted by molar-refractivity contribution is 5.97. The summed E-state index contributed by atoms with van der Waals surface area (Å²) in [7, 11) is 3.99. The second-order valence-electron chi connectivity index (χ2n) is 5.82.